The molecular weight excluding hydrogens is 338 g/mol. The summed E-state index contributed by atoms with van der Waals surface area (Å²) >= 11 is 0. The van der Waals surface area contributed by atoms with Crippen molar-refractivity contribution in [2.75, 3.05) is 11.9 Å². The van der Waals surface area contributed by atoms with Gasteiger partial charge < -0.3 is 9.84 Å². The molecule has 0 aliphatic heterocycles. The third-order valence-electron chi connectivity index (χ3n) is 6.78. The Kier molecular flexibility index (Phi) is 4.08. The van der Waals surface area contributed by atoms with E-state index in [0.29, 0.717) is 12.4 Å². The van der Waals surface area contributed by atoms with Crippen LogP contribution in [-0.4, -0.2) is 23.1 Å². The molecule has 0 saturated heterocycles. The second-order valence-electron chi connectivity index (χ2n) is 9.04. The predicted octanol–water partition coefficient (Wildman–Crippen LogP) is 4.15. The van der Waals surface area contributed by atoms with E-state index >= 15 is 0 Å². The van der Waals surface area contributed by atoms with Gasteiger partial charge in [-0.1, -0.05) is 35.0 Å². The molecule has 6 rings (SSSR count). The minimum absolute atomic E-state index is 0.0580. The zero-order valence-corrected chi connectivity index (χ0v) is 15.8. The molecule has 0 atom stereocenters. The number of aromatic nitrogens is 1. The zero-order chi connectivity index (χ0) is 18.4. The van der Waals surface area contributed by atoms with Gasteiger partial charge >= 0.3 is 0 Å². The average Bonchev–Trinajstić information content (AvgIpc) is 3.08. The number of nitrogens with zero attached hydrogens (tertiary/aromatic N) is 1. The summed E-state index contributed by atoms with van der Waals surface area (Å²) in [4.78, 5) is 12.4. The highest BCUT2D eigenvalue weighted by Gasteiger charge is 2.50. The monoisotopic (exact) mass is 365 g/mol. The first-order valence-corrected chi connectivity index (χ1v) is 10.2. The van der Waals surface area contributed by atoms with Crippen LogP contribution in [0, 0.1) is 24.7 Å². The van der Waals surface area contributed by atoms with E-state index in [1.165, 1.54) is 44.1 Å². The van der Waals surface area contributed by atoms with Gasteiger partial charge in [0.1, 0.15) is 5.69 Å². The van der Waals surface area contributed by atoms with Gasteiger partial charge in [0.2, 0.25) is 11.8 Å². The van der Waals surface area contributed by atoms with E-state index in [-0.39, 0.29) is 11.4 Å². The summed E-state index contributed by atoms with van der Waals surface area (Å²) in [6.07, 6.45) is 7.96. The van der Waals surface area contributed by atoms with Gasteiger partial charge in [-0.3, -0.25) is 10.1 Å². The lowest BCUT2D eigenvalue weighted by molar-refractivity contribution is -0.116. The van der Waals surface area contributed by atoms with E-state index in [0.717, 1.165) is 29.0 Å². The molecule has 1 aromatic heterocycles. The Morgan fingerprint density at radius 2 is 1.74 bits per heavy atom. The minimum Gasteiger partial charge on any atom is -0.338 e. The lowest BCUT2D eigenvalue weighted by Crippen LogP contribution is -2.59. The highest BCUT2D eigenvalue weighted by Crippen LogP contribution is 2.55. The Morgan fingerprint density at radius 1 is 1.11 bits per heavy atom. The maximum absolute atomic E-state index is 12.4. The fourth-order valence-corrected chi connectivity index (χ4v) is 5.97. The van der Waals surface area contributed by atoms with Gasteiger partial charge in [0.05, 0.1) is 6.54 Å². The normalized spacial score (nSPS) is 31.2. The molecule has 27 heavy (non-hydrogen) atoms. The molecule has 5 nitrogen and oxygen atoms in total. The fraction of sp³-hybridized carbons (Fsp3) is 0.545. The summed E-state index contributed by atoms with van der Waals surface area (Å²) in [7, 11) is 0. The van der Waals surface area contributed by atoms with Gasteiger partial charge in [-0.05, 0) is 63.2 Å². The molecule has 4 aliphatic carbocycles. The third kappa shape index (κ3) is 3.41. The zero-order valence-electron chi connectivity index (χ0n) is 15.8. The van der Waals surface area contributed by atoms with Crippen LogP contribution in [0.15, 0.2) is 34.9 Å². The first-order chi connectivity index (χ1) is 13.1. The quantitative estimate of drug-likeness (QED) is 0.835. The molecule has 1 aromatic carbocycles. The topological polar surface area (TPSA) is 67.2 Å². The van der Waals surface area contributed by atoms with E-state index in [1.807, 2.05) is 24.3 Å². The number of aryl methyl sites for hydroxylation is 1. The molecule has 1 heterocycles. The summed E-state index contributed by atoms with van der Waals surface area (Å²) in [6.45, 7) is 2.39. The molecule has 142 valence electrons. The predicted molar refractivity (Wildman–Crippen MR) is 104 cm³/mol. The summed E-state index contributed by atoms with van der Waals surface area (Å²) in [5, 5.41) is 10.5. The molecule has 1 amide bonds. The molecule has 4 bridgehead atoms. The molecule has 2 N–H and O–H groups in total. The van der Waals surface area contributed by atoms with Crippen LogP contribution in [0.5, 0.6) is 0 Å². The van der Waals surface area contributed by atoms with Gasteiger partial charge in [-0.25, -0.2) is 0 Å². The van der Waals surface area contributed by atoms with Crippen LogP contribution in [0.4, 0.5) is 5.88 Å². The molecule has 4 fully saturated rings. The number of nitrogens with one attached hydrogen (secondary N) is 2. The smallest absolute Gasteiger partial charge is 0.240 e. The average molecular weight is 365 g/mol. The molecule has 4 aliphatic rings. The van der Waals surface area contributed by atoms with Gasteiger partial charge in [-0.2, -0.15) is 0 Å². The van der Waals surface area contributed by atoms with Crippen LogP contribution in [0.1, 0.15) is 44.1 Å². The number of hydrogen-bond donors (Lipinski definition) is 2. The second kappa shape index (κ2) is 6.48. The van der Waals surface area contributed by atoms with Crippen LogP contribution in [0.2, 0.25) is 0 Å². The fourth-order valence-electron chi connectivity index (χ4n) is 5.97. The standard InChI is InChI=1S/C22H27N3O2/c1-14-2-4-18(5-3-14)19-9-21(27-25-19)24-20(26)13-23-22-10-15-6-16(11-22)8-17(7-15)12-22/h2-5,9,15-17,23H,6-8,10-13H2,1H3,(H,24,26). The van der Waals surface area contributed by atoms with Crippen molar-refractivity contribution >= 4 is 11.8 Å². The summed E-state index contributed by atoms with van der Waals surface area (Å²) in [5.74, 6) is 2.97. The van der Waals surface area contributed by atoms with Crippen molar-refractivity contribution < 1.29 is 9.32 Å². The number of benzene rings is 1. The van der Waals surface area contributed by atoms with E-state index in [4.69, 9.17) is 4.52 Å². The highest BCUT2D eigenvalue weighted by molar-refractivity contribution is 5.91. The van der Waals surface area contributed by atoms with Crippen molar-refractivity contribution in [2.24, 2.45) is 17.8 Å². The van der Waals surface area contributed by atoms with E-state index in [2.05, 4.69) is 22.7 Å². The lowest BCUT2D eigenvalue weighted by atomic mass is 9.53. The number of hydrogen-bond acceptors (Lipinski definition) is 4. The summed E-state index contributed by atoms with van der Waals surface area (Å²) < 4.78 is 5.31. The number of amides is 1. The largest absolute Gasteiger partial charge is 0.338 e. The number of anilines is 1. The number of carbonyl (C=O) groups is 1. The van der Waals surface area contributed by atoms with Crippen molar-refractivity contribution in [1.29, 1.82) is 0 Å². The summed E-state index contributed by atoms with van der Waals surface area (Å²) in [5.41, 5.74) is 3.11. The molecule has 0 radical (unpaired) electrons. The molecule has 2 aromatic rings. The molecule has 5 heteroatoms. The number of carbonyl (C=O) groups excluding carboxylic acids is 1. The highest BCUT2D eigenvalue weighted by atomic mass is 16.5. The summed E-state index contributed by atoms with van der Waals surface area (Å²) in [6, 6.07) is 9.88. The van der Waals surface area contributed by atoms with Crippen LogP contribution in [0.25, 0.3) is 11.3 Å². The third-order valence-corrected chi connectivity index (χ3v) is 6.78. The first-order valence-electron chi connectivity index (χ1n) is 10.2. The van der Waals surface area contributed by atoms with Crippen molar-refractivity contribution in [3.8, 4) is 11.3 Å². The first kappa shape index (κ1) is 17.0. The van der Waals surface area contributed by atoms with E-state index < -0.39 is 0 Å². The van der Waals surface area contributed by atoms with Crippen LogP contribution < -0.4 is 10.6 Å². The Hall–Kier alpha value is -2.14. The van der Waals surface area contributed by atoms with Gasteiger partial charge in [0, 0.05) is 17.2 Å². The van der Waals surface area contributed by atoms with Gasteiger partial charge in [0.15, 0.2) is 0 Å². The van der Waals surface area contributed by atoms with Gasteiger partial charge in [0.25, 0.3) is 0 Å². The molecule has 0 spiro atoms. The van der Waals surface area contributed by atoms with E-state index in [1.54, 1.807) is 6.07 Å². The van der Waals surface area contributed by atoms with Crippen molar-refractivity contribution in [3.63, 3.8) is 0 Å². The van der Waals surface area contributed by atoms with Gasteiger partial charge in [-0.15, -0.1) is 0 Å². The Labute approximate surface area is 159 Å². The molecule has 4 saturated carbocycles. The maximum Gasteiger partial charge on any atom is 0.240 e. The van der Waals surface area contributed by atoms with Crippen molar-refractivity contribution in [2.45, 2.75) is 51.0 Å². The molecular formula is C22H27N3O2. The van der Waals surface area contributed by atoms with E-state index in [9.17, 15) is 4.79 Å². The maximum atomic E-state index is 12.4. The second-order valence-corrected chi connectivity index (χ2v) is 9.04. The van der Waals surface area contributed by atoms with Crippen LogP contribution >= 0.6 is 0 Å². The van der Waals surface area contributed by atoms with Crippen LogP contribution in [0.3, 0.4) is 0 Å². The Bertz CT molecular complexity index is 804. The van der Waals surface area contributed by atoms with Crippen molar-refractivity contribution in [3.05, 3.63) is 35.9 Å². The molecule has 0 unspecified atom stereocenters. The SMILES string of the molecule is Cc1ccc(-c2cc(NC(=O)CNC34CC5CC(CC(C5)C3)C4)on2)cc1. The minimum atomic E-state index is -0.0580. The Balaban J connectivity index is 1.19. The Morgan fingerprint density at radius 3 is 2.37 bits per heavy atom. The lowest BCUT2D eigenvalue weighted by Gasteiger charge is -2.57. The van der Waals surface area contributed by atoms with Crippen LogP contribution in [-0.2, 0) is 4.79 Å². The number of rotatable bonds is 5. The van der Waals surface area contributed by atoms with Crippen molar-refractivity contribution in [1.82, 2.24) is 10.5 Å².